The molecule has 0 bridgehead atoms. The lowest BCUT2D eigenvalue weighted by Crippen LogP contribution is -2.21. The molecular formula is C22H21NO3. The molecule has 0 aliphatic heterocycles. The Balaban J connectivity index is 1.69. The Labute approximate surface area is 153 Å². The molecule has 0 spiro atoms. The van der Waals surface area contributed by atoms with Crippen molar-refractivity contribution in [2.45, 2.75) is 13.5 Å². The molecule has 0 aliphatic rings. The molecular weight excluding hydrogens is 326 g/mol. The third-order valence-electron chi connectivity index (χ3n) is 4.09. The van der Waals surface area contributed by atoms with Gasteiger partial charge in [0.15, 0.2) is 6.61 Å². The molecule has 0 heterocycles. The predicted molar refractivity (Wildman–Crippen MR) is 103 cm³/mol. The first-order valence-corrected chi connectivity index (χ1v) is 8.45. The summed E-state index contributed by atoms with van der Waals surface area (Å²) in [5.74, 6) is 0.417. The minimum atomic E-state index is -0.244. The molecule has 3 rings (SSSR count). The second-order valence-corrected chi connectivity index (χ2v) is 6.01. The standard InChI is InChI=1S/C22H21NO3/c1-16-11-12-17(14-24)13-20(16)23-22(25)15-26-21-10-6-5-9-19(21)18-7-3-2-4-8-18/h2-13,24H,14-15H2,1H3,(H,23,25). The summed E-state index contributed by atoms with van der Waals surface area (Å²) in [6.45, 7) is 1.75. The Morgan fingerprint density at radius 1 is 1.00 bits per heavy atom. The minimum absolute atomic E-state index is 0.0654. The molecule has 0 fully saturated rings. The van der Waals surface area contributed by atoms with E-state index < -0.39 is 0 Å². The highest BCUT2D eigenvalue weighted by molar-refractivity contribution is 5.92. The van der Waals surface area contributed by atoms with Crippen LogP contribution in [0, 0.1) is 6.92 Å². The lowest BCUT2D eigenvalue weighted by Gasteiger charge is -2.13. The van der Waals surface area contributed by atoms with E-state index in [9.17, 15) is 9.90 Å². The van der Waals surface area contributed by atoms with Gasteiger partial charge in [-0.05, 0) is 35.7 Å². The first-order chi connectivity index (χ1) is 12.7. The summed E-state index contributed by atoms with van der Waals surface area (Å²) in [7, 11) is 0. The number of benzene rings is 3. The Kier molecular flexibility index (Phi) is 5.66. The van der Waals surface area contributed by atoms with Crippen LogP contribution in [0.3, 0.4) is 0 Å². The highest BCUT2D eigenvalue weighted by Gasteiger charge is 2.10. The van der Waals surface area contributed by atoms with Gasteiger partial charge in [-0.3, -0.25) is 4.79 Å². The van der Waals surface area contributed by atoms with Gasteiger partial charge in [-0.1, -0.05) is 60.7 Å². The lowest BCUT2D eigenvalue weighted by molar-refractivity contribution is -0.118. The van der Waals surface area contributed by atoms with E-state index in [1.165, 1.54) is 0 Å². The highest BCUT2D eigenvalue weighted by Crippen LogP contribution is 2.29. The number of nitrogens with one attached hydrogen (secondary N) is 1. The monoisotopic (exact) mass is 347 g/mol. The maximum atomic E-state index is 12.3. The van der Waals surface area contributed by atoms with E-state index >= 15 is 0 Å². The summed E-state index contributed by atoms with van der Waals surface area (Å²) in [5, 5.41) is 12.1. The van der Waals surface area contributed by atoms with Gasteiger partial charge in [-0.2, -0.15) is 0 Å². The van der Waals surface area contributed by atoms with Gasteiger partial charge >= 0.3 is 0 Å². The van der Waals surface area contributed by atoms with Crippen molar-refractivity contribution >= 4 is 11.6 Å². The molecule has 4 heteroatoms. The maximum absolute atomic E-state index is 12.3. The number of carbonyl (C=O) groups excluding carboxylic acids is 1. The first kappa shape index (κ1) is 17.7. The van der Waals surface area contributed by atoms with Crippen molar-refractivity contribution in [1.29, 1.82) is 0 Å². The molecule has 3 aromatic carbocycles. The van der Waals surface area contributed by atoms with E-state index in [-0.39, 0.29) is 19.1 Å². The number of amides is 1. The fraction of sp³-hybridized carbons (Fsp3) is 0.136. The molecule has 3 aromatic rings. The van der Waals surface area contributed by atoms with Crippen molar-refractivity contribution in [3.8, 4) is 16.9 Å². The average molecular weight is 347 g/mol. The largest absolute Gasteiger partial charge is 0.483 e. The molecule has 0 unspecified atom stereocenters. The van der Waals surface area contributed by atoms with Crippen molar-refractivity contribution in [3.05, 3.63) is 83.9 Å². The SMILES string of the molecule is Cc1ccc(CO)cc1NC(=O)COc1ccccc1-c1ccccc1. The van der Waals surface area contributed by atoms with Crippen LogP contribution in [0.25, 0.3) is 11.1 Å². The average Bonchev–Trinajstić information content (AvgIpc) is 2.69. The van der Waals surface area contributed by atoms with Crippen molar-refractivity contribution in [3.63, 3.8) is 0 Å². The van der Waals surface area contributed by atoms with Crippen LogP contribution in [-0.4, -0.2) is 17.6 Å². The molecule has 132 valence electrons. The Morgan fingerprint density at radius 2 is 1.73 bits per heavy atom. The molecule has 0 aromatic heterocycles. The molecule has 0 radical (unpaired) electrons. The molecule has 0 aliphatic carbocycles. The zero-order valence-corrected chi connectivity index (χ0v) is 14.6. The predicted octanol–water partition coefficient (Wildman–Crippen LogP) is 4.17. The number of aliphatic hydroxyl groups excluding tert-OH is 1. The number of ether oxygens (including phenoxy) is 1. The van der Waals surface area contributed by atoms with Crippen LogP contribution in [0.5, 0.6) is 5.75 Å². The molecule has 1 amide bonds. The third-order valence-corrected chi connectivity index (χ3v) is 4.09. The van der Waals surface area contributed by atoms with Gasteiger partial charge in [0.25, 0.3) is 5.91 Å². The number of hydrogen-bond donors (Lipinski definition) is 2. The molecule has 4 nitrogen and oxygen atoms in total. The second-order valence-electron chi connectivity index (χ2n) is 6.01. The third kappa shape index (κ3) is 4.29. The number of aliphatic hydroxyl groups is 1. The number of para-hydroxylation sites is 1. The molecule has 0 atom stereocenters. The van der Waals surface area contributed by atoms with E-state index in [4.69, 9.17) is 4.74 Å². The van der Waals surface area contributed by atoms with Crippen LogP contribution >= 0.6 is 0 Å². The van der Waals surface area contributed by atoms with Crippen LogP contribution in [-0.2, 0) is 11.4 Å². The fourth-order valence-corrected chi connectivity index (χ4v) is 2.68. The Bertz CT molecular complexity index is 891. The van der Waals surface area contributed by atoms with Gasteiger partial charge in [0.05, 0.1) is 6.61 Å². The summed E-state index contributed by atoms with van der Waals surface area (Å²) in [5.41, 5.74) is 4.34. The van der Waals surface area contributed by atoms with Gasteiger partial charge in [0.1, 0.15) is 5.75 Å². The number of hydrogen-bond acceptors (Lipinski definition) is 3. The molecule has 0 saturated heterocycles. The molecule has 26 heavy (non-hydrogen) atoms. The summed E-state index contributed by atoms with van der Waals surface area (Å²) < 4.78 is 5.76. The number of aryl methyl sites for hydroxylation is 1. The van der Waals surface area contributed by atoms with Crippen LogP contribution in [0.2, 0.25) is 0 Å². The zero-order valence-electron chi connectivity index (χ0n) is 14.6. The quantitative estimate of drug-likeness (QED) is 0.703. The van der Waals surface area contributed by atoms with Gasteiger partial charge in [0, 0.05) is 11.3 Å². The summed E-state index contributed by atoms with van der Waals surface area (Å²) in [4.78, 5) is 12.3. The molecule has 2 N–H and O–H groups in total. The van der Waals surface area contributed by atoms with E-state index in [2.05, 4.69) is 5.32 Å². The first-order valence-electron chi connectivity index (χ1n) is 8.45. The Hall–Kier alpha value is -3.11. The summed E-state index contributed by atoms with van der Waals surface area (Å²) in [6, 6.07) is 23.0. The summed E-state index contributed by atoms with van der Waals surface area (Å²) >= 11 is 0. The van der Waals surface area contributed by atoms with E-state index in [1.807, 2.05) is 73.7 Å². The van der Waals surface area contributed by atoms with Crippen molar-refractivity contribution in [1.82, 2.24) is 0 Å². The van der Waals surface area contributed by atoms with E-state index in [0.717, 1.165) is 22.3 Å². The topological polar surface area (TPSA) is 58.6 Å². The number of rotatable bonds is 6. The van der Waals surface area contributed by atoms with E-state index in [0.29, 0.717) is 11.4 Å². The van der Waals surface area contributed by atoms with Gasteiger partial charge < -0.3 is 15.2 Å². The fourth-order valence-electron chi connectivity index (χ4n) is 2.68. The number of anilines is 1. The minimum Gasteiger partial charge on any atom is -0.483 e. The van der Waals surface area contributed by atoms with Gasteiger partial charge in [-0.15, -0.1) is 0 Å². The van der Waals surface area contributed by atoms with Crippen molar-refractivity contribution < 1.29 is 14.6 Å². The van der Waals surface area contributed by atoms with Crippen molar-refractivity contribution in [2.24, 2.45) is 0 Å². The lowest BCUT2D eigenvalue weighted by atomic mass is 10.1. The summed E-state index contributed by atoms with van der Waals surface area (Å²) in [6.07, 6.45) is 0. The van der Waals surface area contributed by atoms with E-state index in [1.54, 1.807) is 6.07 Å². The smallest absolute Gasteiger partial charge is 0.262 e. The van der Waals surface area contributed by atoms with Crippen LogP contribution in [0.4, 0.5) is 5.69 Å². The zero-order chi connectivity index (χ0) is 18.4. The van der Waals surface area contributed by atoms with Crippen LogP contribution in [0.1, 0.15) is 11.1 Å². The van der Waals surface area contributed by atoms with Gasteiger partial charge in [0.2, 0.25) is 0 Å². The van der Waals surface area contributed by atoms with Crippen LogP contribution in [0.15, 0.2) is 72.8 Å². The Morgan fingerprint density at radius 3 is 2.50 bits per heavy atom. The normalized spacial score (nSPS) is 10.4. The molecule has 0 saturated carbocycles. The van der Waals surface area contributed by atoms with Gasteiger partial charge in [-0.25, -0.2) is 0 Å². The highest BCUT2D eigenvalue weighted by atomic mass is 16.5. The maximum Gasteiger partial charge on any atom is 0.262 e. The van der Waals surface area contributed by atoms with Crippen LogP contribution < -0.4 is 10.1 Å². The number of carbonyl (C=O) groups is 1. The second kappa shape index (κ2) is 8.32. The van der Waals surface area contributed by atoms with Crippen molar-refractivity contribution in [2.75, 3.05) is 11.9 Å².